The lowest BCUT2D eigenvalue weighted by molar-refractivity contribution is -0.128. The number of rotatable bonds is 2. The summed E-state index contributed by atoms with van der Waals surface area (Å²) in [6.07, 6.45) is 0. The van der Waals surface area contributed by atoms with Crippen LogP contribution in [0.4, 0.5) is 0 Å². The van der Waals surface area contributed by atoms with Gasteiger partial charge in [-0.1, -0.05) is 42.5 Å². The number of carbonyl (C=O) groups is 1. The molecule has 1 fully saturated rings. The molecule has 0 saturated carbocycles. The maximum atomic E-state index is 12.0. The molecule has 0 aliphatic carbocycles. The standard InChI is InChI=1S/C13H16N2O2S/c16-13(15-6-8-17-9-7-15)12(18)14-10-11-4-2-1-3-5-11/h1-5H,6-10H2,(H,14,18). The fourth-order valence-electron chi connectivity index (χ4n) is 1.76. The van der Waals surface area contributed by atoms with Gasteiger partial charge in [-0.2, -0.15) is 0 Å². The molecule has 0 aromatic heterocycles. The van der Waals surface area contributed by atoms with Crippen molar-refractivity contribution in [1.82, 2.24) is 10.2 Å². The van der Waals surface area contributed by atoms with Gasteiger partial charge in [0.05, 0.1) is 13.2 Å². The number of thiocarbonyl (C=S) groups is 1. The highest BCUT2D eigenvalue weighted by Gasteiger charge is 2.20. The third-order valence-electron chi connectivity index (χ3n) is 2.79. The molecular formula is C13H16N2O2S. The van der Waals surface area contributed by atoms with Gasteiger partial charge in [-0.05, 0) is 5.56 Å². The molecule has 0 unspecified atom stereocenters. The maximum Gasteiger partial charge on any atom is 0.281 e. The summed E-state index contributed by atoms with van der Waals surface area (Å²) in [6, 6.07) is 9.87. The lowest BCUT2D eigenvalue weighted by Crippen LogP contribution is -2.47. The molecule has 0 radical (unpaired) electrons. The fraction of sp³-hybridized carbons (Fsp3) is 0.385. The molecule has 1 heterocycles. The normalized spacial score (nSPS) is 15.2. The number of morpholine rings is 1. The van der Waals surface area contributed by atoms with Crippen molar-refractivity contribution in [2.24, 2.45) is 0 Å². The first-order valence-electron chi connectivity index (χ1n) is 5.96. The van der Waals surface area contributed by atoms with Gasteiger partial charge in [0.15, 0.2) is 4.99 Å². The van der Waals surface area contributed by atoms with Crippen LogP contribution in [-0.4, -0.2) is 42.1 Å². The number of hydrogen-bond donors (Lipinski definition) is 1. The van der Waals surface area contributed by atoms with Crippen LogP contribution in [0.15, 0.2) is 30.3 Å². The predicted octanol–water partition coefficient (Wildman–Crippen LogP) is 0.962. The van der Waals surface area contributed by atoms with Crippen LogP contribution in [0.3, 0.4) is 0 Å². The minimum atomic E-state index is -0.107. The first-order chi connectivity index (χ1) is 8.77. The van der Waals surface area contributed by atoms with Gasteiger partial charge in [0.1, 0.15) is 0 Å². The van der Waals surface area contributed by atoms with Crippen LogP contribution in [0.25, 0.3) is 0 Å². The average molecular weight is 264 g/mol. The van der Waals surface area contributed by atoms with Crippen molar-refractivity contribution in [3.8, 4) is 0 Å². The summed E-state index contributed by atoms with van der Waals surface area (Å²) in [6.45, 7) is 2.99. The van der Waals surface area contributed by atoms with Gasteiger partial charge in [-0.25, -0.2) is 0 Å². The predicted molar refractivity (Wildman–Crippen MR) is 73.3 cm³/mol. The van der Waals surface area contributed by atoms with E-state index in [-0.39, 0.29) is 10.9 Å². The Morgan fingerprint density at radius 3 is 2.61 bits per heavy atom. The molecule has 0 bridgehead atoms. The lowest BCUT2D eigenvalue weighted by Gasteiger charge is -2.27. The van der Waals surface area contributed by atoms with E-state index in [0.29, 0.717) is 32.8 Å². The minimum absolute atomic E-state index is 0.107. The highest BCUT2D eigenvalue weighted by Crippen LogP contribution is 2.00. The Bertz CT molecular complexity index is 416. The fourth-order valence-corrected chi connectivity index (χ4v) is 1.97. The van der Waals surface area contributed by atoms with Crippen LogP contribution >= 0.6 is 12.2 Å². The van der Waals surface area contributed by atoms with E-state index in [1.807, 2.05) is 30.3 Å². The molecule has 2 rings (SSSR count). The van der Waals surface area contributed by atoms with Crippen molar-refractivity contribution < 1.29 is 9.53 Å². The van der Waals surface area contributed by atoms with E-state index in [2.05, 4.69) is 5.32 Å². The van der Waals surface area contributed by atoms with Crippen LogP contribution in [0, 0.1) is 0 Å². The van der Waals surface area contributed by atoms with Crippen LogP contribution in [-0.2, 0) is 16.1 Å². The van der Waals surface area contributed by atoms with Gasteiger partial charge in [-0.3, -0.25) is 4.79 Å². The molecule has 1 aliphatic rings. The number of benzene rings is 1. The zero-order valence-electron chi connectivity index (χ0n) is 10.1. The molecule has 1 aromatic carbocycles. The third-order valence-corrected chi connectivity index (χ3v) is 3.11. The van der Waals surface area contributed by atoms with Gasteiger partial charge in [0.2, 0.25) is 0 Å². The monoisotopic (exact) mass is 264 g/mol. The minimum Gasteiger partial charge on any atom is -0.378 e. The second-order valence-corrected chi connectivity index (χ2v) is 4.48. The molecule has 1 saturated heterocycles. The summed E-state index contributed by atoms with van der Waals surface area (Å²) < 4.78 is 5.20. The van der Waals surface area contributed by atoms with E-state index < -0.39 is 0 Å². The molecule has 5 heteroatoms. The van der Waals surface area contributed by atoms with E-state index >= 15 is 0 Å². The molecule has 1 aliphatic heterocycles. The summed E-state index contributed by atoms with van der Waals surface area (Å²) >= 11 is 5.11. The summed E-state index contributed by atoms with van der Waals surface area (Å²) in [5, 5.41) is 3.00. The van der Waals surface area contributed by atoms with E-state index in [1.54, 1.807) is 4.90 Å². The second-order valence-electron chi connectivity index (χ2n) is 4.07. The van der Waals surface area contributed by atoms with E-state index in [9.17, 15) is 4.79 Å². The van der Waals surface area contributed by atoms with Crippen LogP contribution in [0.5, 0.6) is 0 Å². The van der Waals surface area contributed by atoms with Crippen molar-refractivity contribution in [2.45, 2.75) is 6.54 Å². The Labute approximate surface area is 112 Å². The molecule has 1 aromatic rings. The number of ether oxygens (including phenoxy) is 1. The van der Waals surface area contributed by atoms with Gasteiger partial charge in [-0.15, -0.1) is 0 Å². The van der Waals surface area contributed by atoms with Crippen LogP contribution in [0.2, 0.25) is 0 Å². The molecule has 1 amide bonds. The van der Waals surface area contributed by atoms with Gasteiger partial charge >= 0.3 is 0 Å². The maximum absolute atomic E-state index is 12.0. The van der Waals surface area contributed by atoms with Crippen molar-refractivity contribution in [3.05, 3.63) is 35.9 Å². The molecule has 4 nitrogen and oxygen atoms in total. The molecule has 96 valence electrons. The highest BCUT2D eigenvalue weighted by molar-refractivity contribution is 7.82. The Hall–Kier alpha value is -1.46. The number of hydrogen-bond acceptors (Lipinski definition) is 3. The first kappa shape index (κ1) is 13.0. The Kier molecular flexibility index (Phi) is 4.66. The highest BCUT2D eigenvalue weighted by atomic mass is 32.1. The molecule has 0 spiro atoms. The molecule has 18 heavy (non-hydrogen) atoms. The Morgan fingerprint density at radius 2 is 1.94 bits per heavy atom. The third kappa shape index (κ3) is 3.51. The van der Waals surface area contributed by atoms with E-state index in [4.69, 9.17) is 17.0 Å². The van der Waals surface area contributed by atoms with E-state index in [0.717, 1.165) is 5.56 Å². The number of amides is 1. The summed E-state index contributed by atoms with van der Waals surface area (Å²) in [7, 11) is 0. The molecule has 1 N–H and O–H groups in total. The largest absolute Gasteiger partial charge is 0.378 e. The smallest absolute Gasteiger partial charge is 0.281 e. The second kappa shape index (κ2) is 6.47. The topological polar surface area (TPSA) is 41.6 Å². The molecular weight excluding hydrogens is 248 g/mol. The van der Waals surface area contributed by atoms with Crippen molar-refractivity contribution in [3.63, 3.8) is 0 Å². The zero-order valence-corrected chi connectivity index (χ0v) is 10.9. The van der Waals surface area contributed by atoms with Crippen molar-refractivity contribution in [2.75, 3.05) is 26.3 Å². The zero-order chi connectivity index (χ0) is 12.8. The Balaban J connectivity index is 1.82. The number of nitrogens with zero attached hydrogens (tertiary/aromatic N) is 1. The Morgan fingerprint density at radius 1 is 1.28 bits per heavy atom. The van der Waals surface area contributed by atoms with Gasteiger partial charge in [0, 0.05) is 19.6 Å². The average Bonchev–Trinajstić information content (AvgIpc) is 2.46. The first-order valence-corrected chi connectivity index (χ1v) is 6.37. The van der Waals surface area contributed by atoms with Gasteiger partial charge in [0.25, 0.3) is 5.91 Å². The lowest BCUT2D eigenvalue weighted by atomic mass is 10.2. The number of carbonyl (C=O) groups excluding carboxylic acids is 1. The molecule has 0 atom stereocenters. The summed E-state index contributed by atoms with van der Waals surface area (Å²) in [4.78, 5) is 14.0. The van der Waals surface area contributed by atoms with Crippen LogP contribution < -0.4 is 5.32 Å². The SMILES string of the molecule is O=C(C(=S)NCc1ccccc1)N1CCOCC1. The number of nitrogens with one attached hydrogen (secondary N) is 1. The van der Waals surface area contributed by atoms with Crippen molar-refractivity contribution in [1.29, 1.82) is 0 Å². The summed E-state index contributed by atoms with van der Waals surface area (Å²) in [5.41, 5.74) is 1.11. The van der Waals surface area contributed by atoms with Crippen LogP contribution in [0.1, 0.15) is 5.56 Å². The summed E-state index contributed by atoms with van der Waals surface area (Å²) in [5.74, 6) is -0.107. The van der Waals surface area contributed by atoms with E-state index in [1.165, 1.54) is 0 Å². The van der Waals surface area contributed by atoms with Gasteiger partial charge < -0.3 is 15.0 Å². The van der Waals surface area contributed by atoms with Crippen molar-refractivity contribution >= 4 is 23.1 Å². The quantitative estimate of drug-likeness (QED) is 0.808.